The van der Waals surface area contributed by atoms with Gasteiger partial charge < -0.3 is 9.88 Å². The lowest BCUT2D eigenvalue weighted by Crippen LogP contribution is -2.17. The molecule has 76 valence electrons. The van der Waals surface area contributed by atoms with Crippen LogP contribution in [0.4, 0.5) is 0 Å². The fourth-order valence-electron chi connectivity index (χ4n) is 1.98. The summed E-state index contributed by atoms with van der Waals surface area (Å²) < 4.78 is 2.19. The summed E-state index contributed by atoms with van der Waals surface area (Å²) in [5.74, 6) is 0. The zero-order valence-corrected chi connectivity index (χ0v) is 8.66. The minimum absolute atomic E-state index is 0.497. The molecular formula is C11H17N3. The van der Waals surface area contributed by atoms with Gasteiger partial charge in [-0.1, -0.05) is 12.2 Å². The van der Waals surface area contributed by atoms with Crippen molar-refractivity contribution in [2.24, 2.45) is 0 Å². The maximum Gasteiger partial charge on any atom is 0.0951 e. The van der Waals surface area contributed by atoms with E-state index in [1.807, 2.05) is 19.4 Å². The first-order valence-electron chi connectivity index (χ1n) is 5.15. The quantitative estimate of drug-likeness (QED) is 0.739. The van der Waals surface area contributed by atoms with Crippen molar-refractivity contribution in [3.63, 3.8) is 0 Å². The smallest absolute Gasteiger partial charge is 0.0951 e. The largest absolute Gasteiger partial charge is 0.329 e. The van der Waals surface area contributed by atoms with Crippen molar-refractivity contribution >= 4 is 0 Å². The minimum Gasteiger partial charge on any atom is -0.329 e. The van der Waals surface area contributed by atoms with Gasteiger partial charge in [-0.3, -0.25) is 0 Å². The highest BCUT2D eigenvalue weighted by atomic mass is 15.1. The molecule has 2 rings (SSSR count). The van der Waals surface area contributed by atoms with Gasteiger partial charge in [0, 0.05) is 18.8 Å². The van der Waals surface area contributed by atoms with Gasteiger partial charge >= 0.3 is 0 Å². The Bertz CT molecular complexity index is 321. The van der Waals surface area contributed by atoms with E-state index >= 15 is 0 Å². The molecule has 0 saturated carbocycles. The fraction of sp³-hybridized carbons (Fsp3) is 0.545. The van der Waals surface area contributed by atoms with Crippen molar-refractivity contribution in [1.29, 1.82) is 0 Å². The Morgan fingerprint density at radius 3 is 3.29 bits per heavy atom. The summed E-state index contributed by atoms with van der Waals surface area (Å²) >= 11 is 0. The first-order chi connectivity index (χ1) is 6.77. The van der Waals surface area contributed by atoms with Crippen LogP contribution in [0.1, 0.15) is 31.5 Å². The van der Waals surface area contributed by atoms with Crippen molar-refractivity contribution in [3.8, 4) is 0 Å². The Morgan fingerprint density at radius 2 is 2.64 bits per heavy atom. The molecular weight excluding hydrogens is 174 g/mol. The summed E-state index contributed by atoms with van der Waals surface area (Å²) in [6.07, 6.45) is 6.35. The molecule has 1 saturated heterocycles. The molecule has 1 aromatic rings. The van der Waals surface area contributed by atoms with Crippen LogP contribution in [0.25, 0.3) is 0 Å². The molecule has 1 aromatic heterocycles. The summed E-state index contributed by atoms with van der Waals surface area (Å²) in [5.41, 5.74) is 2.47. The molecule has 14 heavy (non-hydrogen) atoms. The molecule has 0 radical (unpaired) electrons. The number of nitrogens with one attached hydrogen (secondary N) is 1. The summed E-state index contributed by atoms with van der Waals surface area (Å²) in [7, 11) is 0. The maximum atomic E-state index is 4.20. The van der Waals surface area contributed by atoms with Gasteiger partial charge in [-0.25, -0.2) is 4.98 Å². The van der Waals surface area contributed by atoms with E-state index in [4.69, 9.17) is 0 Å². The first-order valence-corrected chi connectivity index (χ1v) is 5.15. The lowest BCUT2D eigenvalue weighted by Gasteiger charge is -2.13. The van der Waals surface area contributed by atoms with E-state index in [1.54, 1.807) is 0 Å². The zero-order valence-electron chi connectivity index (χ0n) is 8.66. The molecule has 1 aliphatic heterocycles. The van der Waals surface area contributed by atoms with Gasteiger partial charge in [0.25, 0.3) is 0 Å². The number of imidazole rings is 1. The Balaban J connectivity index is 2.15. The number of nitrogens with zero attached hydrogens (tertiary/aromatic N) is 2. The number of rotatable bonds is 3. The van der Waals surface area contributed by atoms with Gasteiger partial charge in [-0.05, 0) is 26.3 Å². The summed E-state index contributed by atoms with van der Waals surface area (Å²) in [4.78, 5) is 4.20. The van der Waals surface area contributed by atoms with Crippen molar-refractivity contribution in [3.05, 3.63) is 30.4 Å². The predicted molar refractivity (Wildman–Crippen MR) is 57.0 cm³/mol. The zero-order chi connectivity index (χ0) is 9.97. The van der Waals surface area contributed by atoms with Crippen LogP contribution in [0.15, 0.2) is 24.7 Å². The molecule has 0 aliphatic carbocycles. The molecule has 1 aliphatic rings. The Morgan fingerprint density at radius 1 is 1.79 bits per heavy atom. The Kier molecular flexibility index (Phi) is 2.68. The monoisotopic (exact) mass is 191 g/mol. The van der Waals surface area contributed by atoms with E-state index in [0.717, 1.165) is 13.1 Å². The van der Waals surface area contributed by atoms with Crippen LogP contribution in [0.5, 0.6) is 0 Å². The van der Waals surface area contributed by atoms with E-state index in [1.165, 1.54) is 24.1 Å². The third-order valence-electron chi connectivity index (χ3n) is 2.60. The molecule has 0 aromatic carbocycles. The molecule has 0 bridgehead atoms. The SMILES string of the molecule is C=C(C)Cn1cncc1C1CCCN1. The van der Waals surface area contributed by atoms with Crippen LogP contribution in [0.3, 0.4) is 0 Å². The van der Waals surface area contributed by atoms with E-state index < -0.39 is 0 Å². The number of allylic oxidation sites excluding steroid dienone is 1. The second-order valence-electron chi connectivity index (χ2n) is 4.05. The van der Waals surface area contributed by atoms with Crippen molar-refractivity contribution in [2.75, 3.05) is 6.54 Å². The highest BCUT2D eigenvalue weighted by molar-refractivity contribution is 5.09. The van der Waals surface area contributed by atoms with Gasteiger partial charge in [0.1, 0.15) is 0 Å². The first kappa shape index (κ1) is 9.46. The van der Waals surface area contributed by atoms with E-state index in [-0.39, 0.29) is 0 Å². The standard InChI is InChI=1S/C11H17N3/c1-9(2)7-14-8-12-6-11(14)10-4-3-5-13-10/h6,8,10,13H,1,3-5,7H2,2H3. The summed E-state index contributed by atoms with van der Waals surface area (Å²) in [6.45, 7) is 7.99. The molecule has 1 atom stereocenters. The molecule has 1 unspecified atom stereocenters. The third-order valence-corrected chi connectivity index (χ3v) is 2.60. The lowest BCUT2D eigenvalue weighted by atomic mass is 10.1. The van der Waals surface area contributed by atoms with Gasteiger partial charge in [-0.15, -0.1) is 0 Å². The highest BCUT2D eigenvalue weighted by Crippen LogP contribution is 2.22. The van der Waals surface area contributed by atoms with Crippen LogP contribution in [0.2, 0.25) is 0 Å². The van der Waals surface area contributed by atoms with E-state index in [2.05, 4.69) is 21.4 Å². The van der Waals surface area contributed by atoms with Crippen LogP contribution in [-0.2, 0) is 6.54 Å². The number of hydrogen-bond donors (Lipinski definition) is 1. The Labute approximate surface area is 84.8 Å². The molecule has 0 amide bonds. The van der Waals surface area contributed by atoms with Crippen LogP contribution >= 0.6 is 0 Å². The van der Waals surface area contributed by atoms with Crippen molar-refractivity contribution in [2.45, 2.75) is 32.4 Å². The molecule has 0 spiro atoms. The number of aromatic nitrogens is 2. The van der Waals surface area contributed by atoms with Gasteiger partial charge in [0.2, 0.25) is 0 Å². The van der Waals surface area contributed by atoms with Gasteiger partial charge in [-0.2, -0.15) is 0 Å². The number of hydrogen-bond acceptors (Lipinski definition) is 2. The second-order valence-corrected chi connectivity index (χ2v) is 4.05. The van der Waals surface area contributed by atoms with Crippen molar-refractivity contribution in [1.82, 2.24) is 14.9 Å². The van der Waals surface area contributed by atoms with E-state index in [0.29, 0.717) is 6.04 Å². The normalized spacial score (nSPS) is 21.4. The van der Waals surface area contributed by atoms with Crippen LogP contribution < -0.4 is 5.32 Å². The topological polar surface area (TPSA) is 29.9 Å². The molecule has 1 fully saturated rings. The molecule has 3 heteroatoms. The molecule has 1 N–H and O–H groups in total. The van der Waals surface area contributed by atoms with Crippen LogP contribution in [-0.4, -0.2) is 16.1 Å². The Hall–Kier alpha value is -1.09. The van der Waals surface area contributed by atoms with E-state index in [9.17, 15) is 0 Å². The maximum absolute atomic E-state index is 4.20. The highest BCUT2D eigenvalue weighted by Gasteiger charge is 2.19. The fourth-order valence-corrected chi connectivity index (χ4v) is 1.98. The minimum atomic E-state index is 0.497. The summed E-state index contributed by atoms with van der Waals surface area (Å²) in [6, 6.07) is 0.497. The average Bonchev–Trinajstić information content (AvgIpc) is 2.70. The second kappa shape index (κ2) is 3.96. The summed E-state index contributed by atoms with van der Waals surface area (Å²) in [5, 5.41) is 3.48. The van der Waals surface area contributed by atoms with Crippen molar-refractivity contribution < 1.29 is 0 Å². The molecule has 3 nitrogen and oxygen atoms in total. The van der Waals surface area contributed by atoms with Gasteiger partial charge in [0.15, 0.2) is 0 Å². The van der Waals surface area contributed by atoms with Crippen LogP contribution in [0, 0.1) is 0 Å². The average molecular weight is 191 g/mol. The van der Waals surface area contributed by atoms with Gasteiger partial charge in [0.05, 0.1) is 12.0 Å². The predicted octanol–water partition coefficient (Wildman–Crippen LogP) is 1.88. The third kappa shape index (κ3) is 1.87. The lowest BCUT2D eigenvalue weighted by molar-refractivity contribution is 0.582. The molecule has 2 heterocycles.